The van der Waals surface area contributed by atoms with E-state index in [2.05, 4.69) is 10.6 Å². The first kappa shape index (κ1) is 19.9. The Morgan fingerprint density at radius 3 is 2.43 bits per heavy atom. The van der Waals surface area contributed by atoms with Crippen LogP contribution < -0.4 is 10.6 Å². The first-order valence-electron chi connectivity index (χ1n) is 8.83. The van der Waals surface area contributed by atoms with Gasteiger partial charge in [-0.15, -0.1) is 0 Å². The maximum atomic E-state index is 12.2. The zero-order chi connectivity index (χ0) is 17.2. The number of amides is 2. The standard InChI is InChI=1S/C17H33N3O3/c1-4-8-14(19-15(21)12-20(2)3)16(22)17(23)18-11-13-9-6-5-7-10-13/h13-14,16,22H,4-12H2,1-3H3,(H,18,23)(H,19,21). The molecule has 0 spiro atoms. The van der Waals surface area contributed by atoms with Crippen LogP contribution in [0.2, 0.25) is 0 Å². The molecule has 0 aromatic carbocycles. The summed E-state index contributed by atoms with van der Waals surface area (Å²) in [6.07, 6.45) is 6.21. The molecule has 23 heavy (non-hydrogen) atoms. The van der Waals surface area contributed by atoms with Crippen molar-refractivity contribution in [1.29, 1.82) is 0 Å². The molecule has 1 aliphatic carbocycles. The summed E-state index contributed by atoms with van der Waals surface area (Å²) in [7, 11) is 3.61. The fraction of sp³-hybridized carbons (Fsp3) is 0.882. The van der Waals surface area contributed by atoms with Crippen molar-refractivity contribution in [2.45, 2.75) is 64.0 Å². The lowest BCUT2D eigenvalue weighted by atomic mass is 9.89. The number of aliphatic hydroxyl groups excluding tert-OH is 1. The average molecular weight is 327 g/mol. The van der Waals surface area contributed by atoms with Crippen molar-refractivity contribution in [3.63, 3.8) is 0 Å². The first-order valence-corrected chi connectivity index (χ1v) is 8.83. The number of nitrogens with one attached hydrogen (secondary N) is 2. The number of aliphatic hydroxyl groups is 1. The molecule has 1 rings (SSSR count). The molecule has 1 saturated carbocycles. The van der Waals surface area contributed by atoms with Gasteiger partial charge in [-0.05, 0) is 39.3 Å². The molecule has 0 aromatic heterocycles. The Hall–Kier alpha value is -1.14. The van der Waals surface area contributed by atoms with Crippen molar-refractivity contribution in [1.82, 2.24) is 15.5 Å². The Labute approximate surface area is 140 Å². The van der Waals surface area contributed by atoms with Crippen LogP contribution in [-0.4, -0.2) is 61.2 Å². The Kier molecular flexibility index (Phi) is 9.17. The Morgan fingerprint density at radius 1 is 1.22 bits per heavy atom. The maximum Gasteiger partial charge on any atom is 0.250 e. The number of likely N-dealkylation sites (N-methyl/N-ethyl adjacent to an activating group) is 1. The molecule has 2 amide bonds. The van der Waals surface area contributed by atoms with E-state index in [-0.39, 0.29) is 18.4 Å². The third kappa shape index (κ3) is 7.79. The van der Waals surface area contributed by atoms with Crippen LogP contribution in [0, 0.1) is 5.92 Å². The molecule has 0 bridgehead atoms. The van der Waals surface area contributed by atoms with E-state index in [4.69, 9.17) is 0 Å². The zero-order valence-corrected chi connectivity index (χ0v) is 14.8. The zero-order valence-electron chi connectivity index (χ0n) is 14.8. The van der Waals surface area contributed by atoms with Crippen molar-refractivity contribution in [2.24, 2.45) is 5.92 Å². The van der Waals surface area contributed by atoms with Crippen LogP contribution in [0.3, 0.4) is 0 Å². The van der Waals surface area contributed by atoms with E-state index in [1.807, 2.05) is 21.0 Å². The SMILES string of the molecule is CCCC(NC(=O)CN(C)C)C(O)C(=O)NCC1CCCCC1. The minimum Gasteiger partial charge on any atom is -0.381 e. The van der Waals surface area contributed by atoms with Crippen molar-refractivity contribution < 1.29 is 14.7 Å². The fourth-order valence-electron chi connectivity index (χ4n) is 3.08. The summed E-state index contributed by atoms with van der Waals surface area (Å²) >= 11 is 0. The van der Waals surface area contributed by atoms with Gasteiger partial charge in [-0.3, -0.25) is 9.59 Å². The van der Waals surface area contributed by atoms with Gasteiger partial charge < -0.3 is 20.6 Å². The number of rotatable bonds is 9. The van der Waals surface area contributed by atoms with Gasteiger partial charge in [0.15, 0.2) is 6.10 Å². The molecule has 6 nitrogen and oxygen atoms in total. The van der Waals surface area contributed by atoms with Crippen molar-refractivity contribution >= 4 is 11.8 Å². The minimum absolute atomic E-state index is 0.174. The summed E-state index contributed by atoms with van der Waals surface area (Å²) < 4.78 is 0. The van der Waals surface area contributed by atoms with Gasteiger partial charge in [-0.25, -0.2) is 0 Å². The van der Waals surface area contributed by atoms with Crippen LogP contribution in [0.15, 0.2) is 0 Å². The molecule has 0 radical (unpaired) electrons. The second-order valence-electron chi connectivity index (χ2n) is 6.89. The number of hydrogen-bond donors (Lipinski definition) is 3. The lowest BCUT2D eigenvalue weighted by Crippen LogP contribution is -2.52. The third-order valence-corrected chi connectivity index (χ3v) is 4.35. The predicted molar refractivity (Wildman–Crippen MR) is 91.0 cm³/mol. The van der Waals surface area contributed by atoms with E-state index in [0.717, 1.165) is 19.3 Å². The molecule has 0 aromatic rings. The molecule has 0 heterocycles. The maximum absolute atomic E-state index is 12.2. The van der Waals surface area contributed by atoms with Gasteiger partial charge in [0.25, 0.3) is 5.91 Å². The van der Waals surface area contributed by atoms with E-state index < -0.39 is 12.1 Å². The van der Waals surface area contributed by atoms with Gasteiger partial charge >= 0.3 is 0 Å². The van der Waals surface area contributed by atoms with Crippen LogP contribution in [0.1, 0.15) is 51.9 Å². The number of nitrogens with zero attached hydrogens (tertiary/aromatic N) is 1. The van der Waals surface area contributed by atoms with Crippen LogP contribution in [0.4, 0.5) is 0 Å². The summed E-state index contributed by atoms with van der Waals surface area (Å²) in [5.41, 5.74) is 0. The topological polar surface area (TPSA) is 81.7 Å². The van der Waals surface area contributed by atoms with Gasteiger partial charge in [-0.2, -0.15) is 0 Å². The summed E-state index contributed by atoms with van der Waals surface area (Å²) in [5.74, 6) is -0.0281. The Morgan fingerprint density at radius 2 is 1.87 bits per heavy atom. The van der Waals surface area contributed by atoms with Crippen molar-refractivity contribution in [3.05, 3.63) is 0 Å². The lowest BCUT2D eigenvalue weighted by Gasteiger charge is -2.26. The normalized spacial score (nSPS) is 18.5. The second kappa shape index (κ2) is 10.6. The quantitative estimate of drug-likeness (QED) is 0.587. The highest BCUT2D eigenvalue weighted by molar-refractivity contribution is 5.83. The monoisotopic (exact) mass is 327 g/mol. The summed E-state index contributed by atoms with van der Waals surface area (Å²) in [6.45, 7) is 2.84. The molecule has 1 aliphatic rings. The molecule has 0 saturated heterocycles. The number of carbonyl (C=O) groups is 2. The predicted octanol–water partition coefficient (Wildman–Crippen LogP) is 0.890. The summed E-state index contributed by atoms with van der Waals surface area (Å²) in [6, 6.07) is -0.529. The first-order chi connectivity index (χ1) is 10.9. The highest BCUT2D eigenvalue weighted by atomic mass is 16.3. The molecule has 2 atom stereocenters. The Balaban J connectivity index is 2.45. The Bertz CT molecular complexity index is 368. The van der Waals surface area contributed by atoms with Crippen LogP contribution in [-0.2, 0) is 9.59 Å². The van der Waals surface area contributed by atoms with E-state index in [1.165, 1.54) is 19.3 Å². The van der Waals surface area contributed by atoms with E-state index in [1.54, 1.807) is 4.90 Å². The molecule has 1 fully saturated rings. The van der Waals surface area contributed by atoms with E-state index in [9.17, 15) is 14.7 Å². The smallest absolute Gasteiger partial charge is 0.250 e. The molecule has 3 N–H and O–H groups in total. The summed E-state index contributed by atoms with van der Waals surface area (Å²) in [5, 5.41) is 15.9. The third-order valence-electron chi connectivity index (χ3n) is 4.35. The average Bonchev–Trinajstić information content (AvgIpc) is 2.51. The van der Waals surface area contributed by atoms with Crippen LogP contribution in [0.25, 0.3) is 0 Å². The number of carbonyl (C=O) groups excluding carboxylic acids is 2. The number of hydrogen-bond acceptors (Lipinski definition) is 4. The van der Waals surface area contributed by atoms with E-state index in [0.29, 0.717) is 18.9 Å². The van der Waals surface area contributed by atoms with Gasteiger partial charge in [0.2, 0.25) is 5.91 Å². The van der Waals surface area contributed by atoms with Crippen LogP contribution >= 0.6 is 0 Å². The molecule has 2 unspecified atom stereocenters. The minimum atomic E-state index is -1.19. The van der Waals surface area contributed by atoms with E-state index >= 15 is 0 Å². The molecular formula is C17H33N3O3. The molecule has 6 heteroatoms. The lowest BCUT2D eigenvalue weighted by molar-refractivity contribution is -0.132. The summed E-state index contributed by atoms with van der Waals surface area (Å²) in [4.78, 5) is 25.8. The fourth-order valence-corrected chi connectivity index (χ4v) is 3.08. The van der Waals surface area contributed by atoms with Crippen LogP contribution in [0.5, 0.6) is 0 Å². The second-order valence-corrected chi connectivity index (χ2v) is 6.89. The van der Waals surface area contributed by atoms with Gasteiger partial charge in [0.1, 0.15) is 0 Å². The molecule has 134 valence electrons. The van der Waals surface area contributed by atoms with Gasteiger partial charge in [-0.1, -0.05) is 32.6 Å². The van der Waals surface area contributed by atoms with Crippen molar-refractivity contribution in [3.8, 4) is 0 Å². The van der Waals surface area contributed by atoms with Crippen molar-refractivity contribution in [2.75, 3.05) is 27.2 Å². The molecule has 0 aliphatic heterocycles. The molecular weight excluding hydrogens is 294 g/mol. The van der Waals surface area contributed by atoms with Gasteiger partial charge in [0, 0.05) is 6.54 Å². The van der Waals surface area contributed by atoms with Gasteiger partial charge in [0.05, 0.1) is 12.6 Å². The largest absolute Gasteiger partial charge is 0.381 e. The highest BCUT2D eigenvalue weighted by Crippen LogP contribution is 2.22. The highest BCUT2D eigenvalue weighted by Gasteiger charge is 2.27.